The van der Waals surface area contributed by atoms with Crippen LogP contribution in [0.4, 0.5) is 0 Å². The summed E-state index contributed by atoms with van der Waals surface area (Å²) in [5.74, 6) is -0.151. The highest BCUT2D eigenvalue weighted by Crippen LogP contribution is 2.44. The highest BCUT2D eigenvalue weighted by molar-refractivity contribution is 7.91. The Morgan fingerprint density at radius 2 is 2.07 bits per heavy atom. The number of carbonyl (C=O) groups is 1. The summed E-state index contributed by atoms with van der Waals surface area (Å²) < 4.78 is 25.5. The molecule has 2 aliphatic heterocycles. The molecule has 0 unspecified atom stereocenters. The van der Waals surface area contributed by atoms with Gasteiger partial charge in [-0.3, -0.25) is 9.78 Å². The van der Waals surface area contributed by atoms with E-state index in [-0.39, 0.29) is 22.6 Å². The van der Waals surface area contributed by atoms with Crippen molar-refractivity contribution >= 4 is 38.7 Å². The molecule has 5 nitrogen and oxygen atoms in total. The van der Waals surface area contributed by atoms with Gasteiger partial charge in [0.2, 0.25) is 0 Å². The number of hydrogen-bond acceptors (Lipinski definition) is 5. The summed E-state index contributed by atoms with van der Waals surface area (Å²) in [7, 11) is -3.48. The zero-order valence-corrected chi connectivity index (χ0v) is 18.4. The second kappa shape index (κ2) is 7.48. The van der Waals surface area contributed by atoms with E-state index in [9.17, 15) is 13.2 Å². The molecular formula is C22H19ClN2O3S2. The van der Waals surface area contributed by atoms with Crippen molar-refractivity contribution in [3.05, 3.63) is 69.8 Å². The van der Waals surface area contributed by atoms with Crippen molar-refractivity contribution in [2.75, 3.05) is 6.54 Å². The van der Waals surface area contributed by atoms with E-state index in [0.717, 1.165) is 29.7 Å². The molecule has 1 amide bonds. The Morgan fingerprint density at radius 3 is 2.87 bits per heavy atom. The molecular weight excluding hydrogens is 440 g/mol. The fourth-order valence-corrected chi connectivity index (χ4v) is 7.50. The van der Waals surface area contributed by atoms with Crippen molar-refractivity contribution in [3.8, 4) is 10.4 Å². The van der Waals surface area contributed by atoms with Crippen molar-refractivity contribution in [2.45, 2.75) is 36.0 Å². The van der Waals surface area contributed by atoms with Crippen LogP contribution in [0.1, 0.15) is 46.1 Å². The molecule has 4 heterocycles. The third-order valence-corrected chi connectivity index (χ3v) is 8.85. The average Bonchev–Trinajstić information content (AvgIpc) is 3.17. The Bertz CT molecular complexity index is 1240. The highest BCUT2D eigenvalue weighted by Gasteiger charge is 2.34. The molecule has 0 aliphatic carbocycles. The lowest BCUT2D eigenvalue weighted by molar-refractivity contribution is 0.0616. The van der Waals surface area contributed by atoms with Gasteiger partial charge in [0.15, 0.2) is 9.84 Å². The molecule has 0 N–H and O–H groups in total. The van der Waals surface area contributed by atoms with Crippen LogP contribution >= 0.6 is 22.9 Å². The van der Waals surface area contributed by atoms with Crippen molar-refractivity contribution in [2.24, 2.45) is 0 Å². The first-order valence-electron chi connectivity index (χ1n) is 9.80. The first-order chi connectivity index (χ1) is 14.4. The number of nitrogens with zero attached hydrogens (tertiary/aromatic N) is 2. The number of carbonyl (C=O) groups excluding carboxylic acids is 1. The average molecular weight is 459 g/mol. The van der Waals surface area contributed by atoms with Crippen LogP contribution in [0.5, 0.6) is 0 Å². The van der Waals surface area contributed by atoms with Gasteiger partial charge < -0.3 is 4.90 Å². The Kier molecular flexibility index (Phi) is 4.92. The molecule has 0 spiro atoms. The molecule has 1 atom stereocenters. The molecule has 5 rings (SSSR count). The molecule has 8 heteroatoms. The lowest BCUT2D eigenvalue weighted by Crippen LogP contribution is -2.38. The van der Waals surface area contributed by atoms with Crippen molar-refractivity contribution in [3.63, 3.8) is 0 Å². The minimum Gasteiger partial charge on any atom is -0.331 e. The second-order valence-electron chi connectivity index (χ2n) is 7.66. The summed E-state index contributed by atoms with van der Waals surface area (Å²) in [6.45, 7) is 0.686. The van der Waals surface area contributed by atoms with Gasteiger partial charge >= 0.3 is 0 Å². The number of halogens is 1. The minimum atomic E-state index is -3.48. The summed E-state index contributed by atoms with van der Waals surface area (Å²) in [6, 6.07) is 10.6. The van der Waals surface area contributed by atoms with Gasteiger partial charge in [0.25, 0.3) is 5.91 Å². The van der Waals surface area contributed by atoms with Gasteiger partial charge in [0, 0.05) is 34.4 Å². The molecule has 0 radical (unpaired) electrons. The number of thiophene rings is 1. The third-order valence-electron chi connectivity index (χ3n) is 5.72. The summed E-state index contributed by atoms with van der Waals surface area (Å²) in [5, 5.41) is 0.390. The van der Waals surface area contributed by atoms with Crippen LogP contribution in [0.15, 0.2) is 53.7 Å². The fourth-order valence-electron chi connectivity index (χ4n) is 4.33. The molecule has 2 aromatic heterocycles. The molecule has 3 aromatic rings. The van der Waals surface area contributed by atoms with E-state index in [0.29, 0.717) is 27.6 Å². The molecule has 0 bridgehead atoms. The van der Waals surface area contributed by atoms with Crippen molar-refractivity contribution in [1.82, 2.24) is 9.88 Å². The van der Waals surface area contributed by atoms with E-state index in [1.54, 1.807) is 24.4 Å². The summed E-state index contributed by atoms with van der Waals surface area (Å²) in [6.07, 6.45) is 6.48. The topological polar surface area (TPSA) is 67.3 Å². The van der Waals surface area contributed by atoms with Crippen LogP contribution in [0.25, 0.3) is 10.4 Å². The van der Waals surface area contributed by atoms with Crippen molar-refractivity contribution < 1.29 is 13.2 Å². The van der Waals surface area contributed by atoms with Crippen LogP contribution in [0.3, 0.4) is 0 Å². The number of amides is 1. The van der Waals surface area contributed by atoms with Crippen LogP contribution in [-0.2, 0) is 15.6 Å². The number of sulfone groups is 1. The summed E-state index contributed by atoms with van der Waals surface area (Å²) in [4.78, 5) is 21.3. The van der Waals surface area contributed by atoms with E-state index in [1.807, 2.05) is 23.2 Å². The van der Waals surface area contributed by atoms with Crippen LogP contribution in [0.2, 0.25) is 5.02 Å². The SMILES string of the molecule is O=C(c1cc2c(s1)-c1ccc(Cl)cc1S(=O)(=O)C2)N1CCCC[C@H]1c1cccnc1. The maximum atomic E-state index is 13.5. The van der Waals surface area contributed by atoms with Gasteiger partial charge in [0.05, 0.1) is 21.6 Å². The van der Waals surface area contributed by atoms with Gasteiger partial charge in [-0.05, 0) is 54.7 Å². The van der Waals surface area contributed by atoms with Gasteiger partial charge in [-0.15, -0.1) is 11.3 Å². The first kappa shape index (κ1) is 19.7. The molecule has 1 aromatic carbocycles. The summed E-state index contributed by atoms with van der Waals surface area (Å²) >= 11 is 7.40. The number of aromatic nitrogens is 1. The van der Waals surface area contributed by atoms with E-state index in [4.69, 9.17) is 11.6 Å². The maximum absolute atomic E-state index is 13.5. The third kappa shape index (κ3) is 3.35. The standard InChI is InChI=1S/C22H19ClN2O3S2/c23-16-6-7-17-20(11-16)30(27,28)13-15-10-19(29-21(15)17)22(26)25-9-2-1-5-18(25)14-4-3-8-24-12-14/h3-4,6-8,10-12,18H,1-2,5,9,13H2/t18-/m0/s1. The number of likely N-dealkylation sites (tertiary alicyclic amines) is 1. The molecule has 1 fully saturated rings. The van der Waals surface area contributed by atoms with Crippen molar-refractivity contribution in [1.29, 1.82) is 0 Å². The number of hydrogen-bond donors (Lipinski definition) is 0. The van der Waals surface area contributed by atoms with Crippen LogP contribution < -0.4 is 0 Å². The predicted octanol–water partition coefficient (Wildman–Crippen LogP) is 5.12. The molecule has 2 aliphatic rings. The van der Waals surface area contributed by atoms with Gasteiger partial charge in [-0.1, -0.05) is 23.7 Å². The van der Waals surface area contributed by atoms with E-state index in [2.05, 4.69) is 4.98 Å². The molecule has 0 saturated carbocycles. The van der Waals surface area contributed by atoms with E-state index >= 15 is 0 Å². The number of fused-ring (bicyclic) bond motifs is 3. The largest absolute Gasteiger partial charge is 0.331 e. The van der Waals surface area contributed by atoms with E-state index < -0.39 is 9.84 Å². The Hall–Kier alpha value is -2.22. The minimum absolute atomic E-state index is 0.00564. The normalized spacial score (nSPS) is 19.8. The lowest BCUT2D eigenvalue weighted by atomic mass is 9.96. The van der Waals surface area contributed by atoms with Crippen LogP contribution in [-0.4, -0.2) is 30.8 Å². The maximum Gasteiger partial charge on any atom is 0.264 e. The number of pyridine rings is 1. The second-order valence-corrected chi connectivity index (χ2v) is 11.1. The Labute approximate surface area is 184 Å². The predicted molar refractivity (Wildman–Crippen MR) is 118 cm³/mol. The fraction of sp³-hybridized carbons (Fsp3) is 0.273. The molecule has 1 saturated heterocycles. The highest BCUT2D eigenvalue weighted by atomic mass is 35.5. The monoisotopic (exact) mass is 458 g/mol. The van der Waals surface area contributed by atoms with Gasteiger partial charge in [-0.2, -0.15) is 0 Å². The van der Waals surface area contributed by atoms with Gasteiger partial charge in [-0.25, -0.2) is 8.42 Å². The number of benzene rings is 1. The number of piperidine rings is 1. The number of rotatable bonds is 2. The Balaban J connectivity index is 1.54. The molecule has 30 heavy (non-hydrogen) atoms. The zero-order chi connectivity index (χ0) is 20.9. The summed E-state index contributed by atoms with van der Waals surface area (Å²) in [5.41, 5.74) is 2.36. The zero-order valence-electron chi connectivity index (χ0n) is 16.0. The van der Waals surface area contributed by atoms with Gasteiger partial charge in [0.1, 0.15) is 0 Å². The molecule has 154 valence electrons. The van der Waals surface area contributed by atoms with E-state index in [1.165, 1.54) is 17.4 Å². The lowest BCUT2D eigenvalue weighted by Gasteiger charge is -2.35. The first-order valence-corrected chi connectivity index (χ1v) is 12.6. The Morgan fingerprint density at radius 1 is 1.20 bits per heavy atom. The smallest absolute Gasteiger partial charge is 0.264 e. The quantitative estimate of drug-likeness (QED) is 0.534. The van der Waals surface area contributed by atoms with Crippen LogP contribution in [0, 0.1) is 0 Å².